The molecule has 1 unspecified atom stereocenters. The first-order valence-corrected chi connectivity index (χ1v) is 7.81. The molecule has 0 radical (unpaired) electrons. The highest BCUT2D eigenvalue weighted by molar-refractivity contribution is 7.71. The van der Waals surface area contributed by atoms with Gasteiger partial charge in [-0.2, -0.15) is 0 Å². The molecule has 3 heterocycles. The molecule has 3 aromatic rings. The van der Waals surface area contributed by atoms with Crippen molar-refractivity contribution in [3.05, 3.63) is 35.2 Å². The van der Waals surface area contributed by atoms with E-state index in [1.54, 1.807) is 0 Å². The number of para-hydroxylation sites is 1. The van der Waals surface area contributed by atoms with Gasteiger partial charge in [-0.25, -0.2) is 0 Å². The van der Waals surface area contributed by atoms with E-state index in [9.17, 15) is 0 Å². The van der Waals surface area contributed by atoms with Gasteiger partial charge in [-0.3, -0.25) is 4.98 Å². The lowest BCUT2D eigenvalue weighted by Gasteiger charge is -2.31. The highest BCUT2D eigenvalue weighted by Crippen LogP contribution is 2.29. The Morgan fingerprint density at radius 1 is 1.33 bits per heavy atom. The lowest BCUT2D eigenvalue weighted by molar-refractivity contribution is 0.214. The third-order valence-electron chi connectivity index (χ3n) is 4.41. The Morgan fingerprint density at radius 3 is 3.05 bits per heavy atom. The molecule has 1 saturated heterocycles. The maximum Gasteiger partial charge on any atom is 0.178 e. The van der Waals surface area contributed by atoms with E-state index in [2.05, 4.69) is 44.7 Å². The van der Waals surface area contributed by atoms with Crippen LogP contribution in [-0.4, -0.2) is 39.6 Å². The molecular formula is C16H18N4S. The minimum Gasteiger partial charge on any atom is -0.329 e. The van der Waals surface area contributed by atoms with Gasteiger partial charge in [-0.15, -0.1) is 0 Å². The smallest absolute Gasteiger partial charge is 0.178 e. The van der Waals surface area contributed by atoms with Crippen molar-refractivity contribution in [2.45, 2.75) is 18.9 Å². The van der Waals surface area contributed by atoms with Gasteiger partial charge < -0.3 is 14.5 Å². The van der Waals surface area contributed by atoms with E-state index in [1.165, 1.54) is 30.3 Å². The first kappa shape index (κ1) is 13.0. The van der Waals surface area contributed by atoms with Crippen LogP contribution < -0.4 is 0 Å². The second-order valence-corrected chi connectivity index (χ2v) is 6.28. The van der Waals surface area contributed by atoms with Crippen LogP contribution in [0.2, 0.25) is 0 Å². The summed E-state index contributed by atoms with van der Waals surface area (Å²) in [5, 5.41) is 1.18. The van der Waals surface area contributed by atoms with Crippen molar-refractivity contribution in [1.29, 1.82) is 0 Å². The van der Waals surface area contributed by atoms with E-state index in [-0.39, 0.29) is 0 Å². The van der Waals surface area contributed by atoms with Gasteiger partial charge in [0.25, 0.3) is 0 Å². The Hall–Kier alpha value is -1.72. The van der Waals surface area contributed by atoms with Crippen LogP contribution in [0, 0.1) is 4.77 Å². The molecule has 2 aromatic heterocycles. The molecule has 5 heteroatoms. The average molecular weight is 298 g/mol. The maximum atomic E-state index is 5.60. The average Bonchev–Trinajstić information content (AvgIpc) is 2.83. The predicted molar refractivity (Wildman–Crippen MR) is 88.2 cm³/mol. The first-order chi connectivity index (χ1) is 10.2. The van der Waals surface area contributed by atoms with Crippen LogP contribution in [0.15, 0.2) is 30.5 Å². The number of rotatable bonds is 1. The summed E-state index contributed by atoms with van der Waals surface area (Å²) in [5.74, 6) is 0. The van der Waals surface area contributed by atoms with E-state index in [0.717, 1.165) is 22.3 Å². The molecule has 1 aromatic carbocycles. The van der Waals surface area contributed by atoms with Gasteiger partial charge in [0.2, 0.25) is 0 Å². The first-order valence-electron chi connectivity index (χ1n) is 7.40. The molecular weight excluding hydrogens is 280 g/mol. The normalized spacial score (nSPS) is 20.3. The fraction of sp³-hybridized carbons (Fsp3) is 0.375. The molecule has 108 valence electrons. The monoisotopic (exact) mass is 298 g/mol. The van der Waals surface area contributed by atoms with Gasteiger partial charge in [0.1, 0.15) is 0 Å². The molecule has 0 aliphatic carbocycles. The summed E-state index contributed by atoms with van der Waals surface area (Å²) >= 11 is 5.60. The lowest BCUT2D eigenvalue weighted by atomic mass is 10.1. The summed E-state index contributed by atoms with van der Waals surface area (Å²) in [5.41, 5.74) is 3.26. The summed E-state index contributed by atoms with van der Waals surface area (Å²) in [7, 11) is 2.18. The van der Waals surface area contributed by atoms with Crippen molar-refractivity contribution in [3.63, 3.8) is 0 Å². The number of likely N-dealkylation sites (tertiary alicyclic amines) is 1. The zero-order valence-electron chi connectivity index (χ0n) is 12.0. The van der Waals surface area contributed by atoms with Crippen molar-refractivity contribution in [2.24, 2.45) is 0 Å². The zero-order valence-corrected chi connectivity index (χ0v) is 12.9. The SMILES string of the molecule is CN1CCCC(n2c(=S)[nH]c3cnc4ccccc4c32)C1. The molecule has 1 atom stereocenters. The molecule has 21 heavy (non-hydrogen) atoms. The Morgan fingerprint density at radius 2 is 2.19 bits per heavy atom. The molecule has 0 saturated carbocycles. The van der Waals surface area contributed by atoms with E-state index in [4.69, 9.17) is 12.2 Å². The van der Waals surface area contributed by atoms with Gasteiger partial charge in [-0.05, 0) is 44.7 Å². The third kappa shape index (κ3) is 2.08. The molecule has 1 aliphatic rings. The van der Waals surface area contributed by atoms with Crippen LogP contribution in [0.25, 0.3) is 21.9 Å². The highest BCUT2D eigenvalue weighted by atomic mass is 32.1. The van der Waals surface area contributed by atoms with E-state index in [0.29, 0.717) is 6.04 Å². The molecule has 1 fully saturated rings. The summed E-state index contributed by atoms with van der Waals surface area (Å²) in [6.07, 6.45) is 4.30. The number of imidazole rings is 1. The van der Waals surface area contributed by atoms with E-state index >= 15 is 0 Å². The number of nitrogens with one attached hydrogen (secondary N) is 1. The number of H-pyrrole nitrogens is 1. The third-order valence-corrected chi connectivity index (χ3v) is 4.71. The number of nitrogens with zero attached hydrogens (tertiary/aromatic N) is 3. The minimum atomic E-state index is 0.441. The Bertz CT molecular complexity index is 863. The fourth-order valence-corrected chi connectivity index (χ4v) is 3.80. The molecule has 1 aliphatic heterocycles. The molecule has 0 amide bonds. The van der Waals surface area contributed by atoms with Gasteiger partial charge in [0.05, 0.1) is 22.7 Å². The number of hydrogen-bond acceptors (Lipinski definition) is 3. The number of aromatic amines is 1. The lowest BCUT2D eigenvalue weighted by Crippen LogP contribution is -2.33. The number of benzene rings is 1. The van der Waals surface area contributed by atoms with Gasteiger partial charge in [0.15, 0.2) is 4.77 Å². The Kier molecular flexibility index (Phi) is 3.05. The number of piperidine rings is 1. The predicted octanol–water partition coefficient (Wildman–Crippen LogP) is 3.51. The highest BCUT2D eigenvalue weighted by Gasteiger charge is 2.22. The second kappa shape index (κ2) is 4.93. The number of fused-ring (bicyclic) bond motifs is 3. The number of pyridine rings is 1. The van der Waals surface area contributed by atoms with Crippen molar-refractivity contribution in [1.82, 2.24) is 19.4 Å². The topological polar surface area (TPSA) is 36.9 Å². The second-order valence-electron chi connectivity index (χ2n) is 5.90. The van der Waals surface area contributed by atoms with Crippen LogP contribution in [0.3, 0.4) is 0 Å². The maximum absolute atomic E-state index is 5.60. The van der Waals surface area contributed by atoms with Crippen LogP contribution >= 0.6 is 12.2 Å². The Labute approximate surface area is 128 Å². The summed E-state index contributed by atoms with van der Waals surface area (Å²) < 4.78 is 3.12. The van der Waals surface area contributed by atoms with E-state index in [1.807, 2.05) is 12.3 Å². The number of likely N-dealkylation sites (N-methyl/N-ethyl adjacent to an activating group) is 1. The van der Waals surface area contributed by atoms with Gasteiger partial charge >= 0.3 is 0 Å². The van der Waals surface area contributed by atoms with Crippen LogP contribution in [0.5, 0.6) is 0 Å². The molecule has 4 nitrogen and oxygen atoms in total. The van der Waals surface area contributed by atoms with Crippen molar-refractivity contribution < 1.29 is 0 Å². The van der Waals surface area contributed by atoms with Crippen molar-refractivity contribution in [3.8, 4) is 0 Å². The molecule has 1 N–H and O–H groups in total. The van der Waals surface area contributed by atoms with Crippen molar-refractivity contribution >= 4 is 34.2 Å². The number of hydrogen-bond donors (Lipinski definition) is 1. The number of aromatic nitrogens is 3. The molecule has 4 rings (SSSR count). The van der Waals surface area contributed by atoms with Crippen LogP contribution in [-0.2, 0) is 0 Å². The van der Waals surface area contributed by atoms with Gasteiger partial charge in [0, 0.05) is 18.0 Å². The van der Waals surface area contributed by atoms with E-state index < -0.39 is 0 Å². The molecule has 0 bridgehead atoms. The minimum absolute atomic E-state index is 0.441. The zero-order chi connectivity index (χ0) is 14.4. The summed E-state index contributed by atoms with van der Waals surface area (Å²) in [6, 6.07) is 8.73. The Balaban J connectivity index is 2.01. The quantitative estimate of drug-likeness (QED) is 0.698. The van der Waals surface area contributed by atoms with Crippen LogP contribution in [0.1, 0.15) is 18.9 Å². The van der Waals surface area contributed by atoms with Gasteiger partial charge in [-0.1, -0.05) is 18.2 Å². The summed E-state index contributed by atoms with van der Waals surface area (Å²) in [4.78, 5) is 10.2. The fourth-order valence-electron chi connectivity index (χ4n) is 3.45. The van der Waals surface area contributed by atoms with Crippen LogP contribution in [0.4, 0.5) is 0 Å². The standard InChI is InChI=1S/C16H18N4S/c1-19-8-4-5-11(10-19)20-15-12-6-2-3-7-13(12)17-9-14(15)18-16(20)21/h2-3,6-7,9,11H,4-5,8,10H2,1H3,(H,18,21). The largest absolute Gasteiger partial charge is 0.329 e. The van der Waals surface area contributed by atoms with Crippen molar-refractivity contribution in [2.75, 3.05) is 20.1 Å². The summed E-state index contributed by atoms with van der Waals surface area (Å²) in [6.45, 7) is 2.23. The molecule has 0 spiro atoms.